The molecular weight excluding hydrogens is 400 g/mol. The van der Waals surface area contributed by atoms with Crippen LogP contribution in [0.2, 0.25) is 0 Å². The summed E-state index contributed by atoms with van der Waals surface area (Å²) in [6.07, 6.45) is 3.96. The molecule has 0 radical (unpaired) electrons. The summed E-state index contributed by atoms with van der Waals surface area (Å²) in [6.45, 7) is 1.27. The first-order chi connectivity index (χ1) is 14.5. The van der Waals surface area contributed by atoms with Crippen molar-refractivity contribution in [2.75, 3.05) is 32.2 Å². The Bertz CT molecular complexity index is 998. The Morgan fingerprint density at radius 3 is 2.97 bits per heavy atom. The molecule has 156 valence electrons. The van der Waals surface area contributed by atoms with Crippen LogP contribution in [0.1, 0.15) is 28.8 Å². The Morgan fingerprint density at radius 2 is 2.20 bits per heavy atom. The van der Waals surface area contributed by atoms with E-state index in [-0.39, 0.29) is 17.9 Å². The number of hydrogen-bond acceptors (Lipinski definition) is 5. The summed E-state index contributed by atoms with van der Waals surface area (Å²) in [6, 6.07) is 13.0. The van der Waals surface area contributed by atoms with Gasteiger partial charge in [0, 0.05) is 30.7 Å². The van der Waals surface area contributed by atoms with Crippen molar-refractivity contribution in [3.8, 4) is 5.75 Å². The summed E-state index contributed by atoms with van der Waals surface area (Å²) in [5.41, 5.74) is 2.16. The van der Waals surface area contributed by atoms with E-state index < -0.39 is 0 Å². The molecule has 0 saturated carbocycles. The van der Waals surface area contributed by atoms with Crippen LogP contribution in [-0.2, 0) is 9.53 Å². The number of amides is 2. The van der Waals surface area contributed by atoms with Crippen LogP contribution in [0.4, 0.5) is 5.69 Å². The normalized spacial score (nSPS) is 19.7. The molecule has 30 heavy (non-hydrogen) atoms. The summed E-state index contributed by atoms with van der Waals surface area (Å²) in [4.78, 5) is 28.6. The van der Waals surface area contributed by atoms with Crippen LogP contribution in [0.5, 0.6) is 5.75 Å². The second kappa shape index (κ2) is 8.93. The minimum absolute atomic E-state index is 0.0932. The fourth-order valence-electron chi connectivity index (χ4n) is 3.53. The second-order valence-electron chi connectivity index (χ2n) is 7.28. The zero-order valence-electron chi connectivity index (χ0n) is 17.0. The topological polar surface area (TPSA) is 67.9 Å². The quantitative estimate of drug-likeness (QED) is 0.741. The van der Waals surface area contributed by atoms with Gasteiger partial charge in [0.25, 0.3) is 11.8 Å². The molecule has 2 aliphatic rings. The van der Waals surface area contributed by atoms with Crippen molar-refractivity contribution in [2.45, 2.75) is 23.8 Å². The Labute approximate surface area is 180 Å². The lowest BCUT2D eigenvalue weighted by Crippen LogP contribution is -2.33. The van der Waals surface area contributed by atoms with Crippen LogP contribution in [-0.4, -0.2) is 45.2 Å². The standard InChI is InChI=1S/C23H24N2O4S/c1-25-19-13-16(22(26)24-14-18-7-4-10-29-18)8-9-20(19)30-21(23(25)27)12-15-5-3-6-17(11-15)28-2/h3,5-6,8-9,11-13,18H,4,7,10,14H2,1-2H3,(H,24,26)/b21-12-/t18-/m0/s1. The maximum Gasteiger partial charge on any atom is 0.264 e. The van der Waals surface area contributed by atoms with Gasteiger partial charge in [-0.05, 0) is 54.8 Å². The molecule has 0 aliphatic carbocycles. The number of carbonyl (C=O) groups is 2. The lowest BCUT2D eigenvalue weighted by Gasteiger charge is -2.27. The fourth-order valence-corrected chi connectivity index (χ4v) is 4.62. The van der Waals surface area contributed by atoms with E-state index in [1.807, 2.05) is 36.4 Å². The van der Waals surface area contributed by atoms with Crippen molar-refractivity contribution < 1.29 is 19.1 Å². The van der Waals surface area contributed by atoms with E-state index in [0.717, 1.165) is 41.3 Å². The third kappa shape index (κ3) is 4.37. The zero-order valence-corrected chi connectivity index (χ0v) is 17.8. The van der Waals surface area contributed by atoms with Crippen LogP contribution in [0.25, 0.3) is 6.08 Å². The van der Waals surface area contributed by atoms with Crippen molar-refractivity contribution in [2.24, 2.45) is 0 Å². The van der Waals surface area contributed by atoms with Gasteiger partial charge in [-0.1, -0.05) is 23.9 Å². The van der Waals surface area contributed by atoms with Gasteiger partial charge in [-0.15, -0.1) is 0 Å². The molecule has 0 unspecified atom stereocenters. The van der Waals surface area contributed by atoms with Crippen LogP contribution < -0.4 is 15.0 Å². The third-order valence-corrected chi connectivity index (χ3v) is 6.30. The summed E-state index contributed by atoms with van der Waals surface area (Å²) in [5, 5.41) is 2.93. The highest BCUT2D eigenvalue weighted by Gasteiger charge is 2.27. The van der Waals surface area contributed by atoms with Gasteiger partial charge in [0.05, 0.1) is 23.8 Å². The Hall–Kier alpha value is -2.77. The number of rotatable bonds is 5. The van der Waals surface area contributed by atoms with Gasteiger partial charge in [0.1, 0.15) is 5.75 Å². The number of likely N-dealkylation sites (N-methyl/N-ethyl adjacent to an activating group) is 1. The van der Waals surface area contributed by atoms with E-state index in [2.05, 4.69) is 5.32 Å². The minimum Gasteiger partial charge on any atom is -0.497 e. The molecule has 1 atom stereocenters. The first kappa shape index (κ1) is 20.5. The number of carbonyl (C=O) groups excluding carboxylic acids is 2. The number of hydrogen-bond donors (Lipinski definition) is 1. The second-order valence-corrected chi connectivity index (χ2v) is 8.36. The molecule has 2 aromatic carbocycles. The average Bonchev–Trinajstić information content (AvgIpc) is 3.29. The molecule has 6 nitrogen and oxygen atoms in total. The first-order valence-corrected chi connectivity index (χ1v) is 10.7. The zero-order chi connectivity index (χ0) is 21.1. The summed E-state index contributed by atoms with van der Waals surface area (Å²) in [7, 11) is 3.35. The maximum absolute atomic E-state index is 12.9. The number of thioether (sulfide) groups is 1. The molecule has 2 aromatic rings. The van der Waals surface area contributed by atoms with Crippen molar-refractivity contribution in [3.63, 3.8) is 0 Å². The molecule has 2 heterocycles. The largest absolute Gasteiger partial charge is 0.497 e. The van der Waals surface area contributed by atoms with Crippen molar-refractivity contribution in [1.29, 1.82) is 0 Å². The molecule has 2 aliphatic heterocycles. The molecule has 7 heteroatoms. The third-order valence-electron chi connectivity index (χ3n) is 5.22. The van der Waals surface area contributed by atoms with E-state index in [4.69, 9.17) is 9.47 Å². The van der Waals surface area contributed by atoms with E-state index in [0.29, 0.717) is 17.0 Å². The SMILES string of the molecule is COc1cccc(/C=C2\Sc3ccc(C(=O)NC[C@@H]4CCCO4)cc3N(C)C2=O)c1. The molecule has 0 aromatic heterocycles. The smallest absolute Gasteiger partial charge is 0.264 e. The summed E-state index contributed by atoms with van der Waals surface area (Å²) >= 11 is 1.41. The number of methoxy groups -OCH3 is 1. The molecular formula is C23H24N2O4S. The monoisotopic (exact) mass is 424 g/mol. The molecule has 1 saturated heterocycles. The molecule has 2 amide bonds. The average molecular weight is 425 g/mol. The van der Waals surface area contributed by atoms with Gasteiger partial charge in [-0.3, -0.25) is 9.59 Å². The fraction of sp³-hybridized carbons (Fsp3) is 0.304. The highest BCUT2D eigenvalue weighted by atomic mass is 32.2. The number of benzene rings is 2. The van der Waals surface area contributed by atoms with Crippen LogP contribution >= 0.6 is 11.8 Å². The molecule has 0 bridgehead atoms. The van der Waals surface area contributed by atoms with Crippen LogP contribution in [0.3, 0.4) is 0 Å². The Morgan fingerprint density at radius 1 is 1.33 bits per heavy atom. The van der Waals surface area contributed by atoms with E-state index >= 15 is 0 Å². The number of ether oxygens (including phenoxy) is 2. The van der Waals surface area contributed by atoms with Crippen molar-refractivity contribution in [1.82, 2.24) is 5.32 Å². The molecule has 4 rings (SSSR count). The van der Waals surface area contributed by atoms with E-state index in [9.17, 15) is 9.59 Å². The highest BCUT2D eigenvalue weighted by molar-refractivity contribution is 8.04. The Balaban J connectivity index is 1.52. The first-order valence-electron chi connectivity index (χ1n) is 9.90. The number of anilines is 1. The number of nitrogens with one attached hydrogen (secondary N) is 1. The Kier molecular flexibility index (Phi) is 6.11. The van der Waals surface area contributed by atoms with E-state index in [1.165, 1.54) is 11.8 Å². The van der Waals surface area contributed by atoms with Crippen LogP contribution in [0.15, 0.2) is 52.3 Å². The number of nitrogens with zero attached hydrogens (tertiary/aromatic N) is 1. The molecule has 0 spiro atoms. The summed E-state index contributed by atoms with van der Waals surface area (Å²) < 4.78 is 10.8. The van der Waals surface area contributed by atoms with Crippen molar-refractivity contribution in [3.05, 3.63) is 58.5 Å². The maximum atomic E-state index is 12.9. The lowest BCUT2D eigenvalue weighted by atomic mass is 10.1. The lowest BCUT2D eigenvalue weighted by molar-refractivity contribution is -0.114. The van der Waals surface area contributed by atoms with Gasteiger partial charge in [-0.25, -0.2) is 0 Å². The predicted molar refractivity (Wildman–Crippen MR) is 118 cm³/mol. The van der Waals surface area contributed by atoms with Gasteiger partial charge in [-0.2, -0.15) is 0 Å². The minimum atomic E-state index is -0.156. The predicted octanol–water partition coefficient (Wildman–Crippen LogP) is 3.71. The van der Waals surface area contributed by atoms with E-state index in [1.54, 1.807) is 31.2 Å². The van der Waals surface area contributed by atoms with Crippen LogP contribution in [0, 0.1) is 0 Å². The number of fused-ring (bicyclic) bond motifs is 1. The molecule has 1 fully saturated rings. The van der Waals surface area contributed by atoms with Gasteiger partial charge < -0.3 is 19.7 Å². The van der Waals surface area contributed by atoms with Gasteiger partial charge >= 0.3 is 0 Å². The van der Waals surface area contributed by atoms with Crippen molar-refractivity contribution >= 4 is 35.3 Å². The molecule has 1 N–H and O–H groups in total. The van der Waals surface area contributed by atoms with Gasteiger partial charge in [0.2, 0.25) is 0 Å². The van der Waals surface area contributed by atoms with Gasteiger partial charge in [0.15, 0.2) is 0 Å². The highest BCUT2D eigenvalue weighted by Crippen LogP contribution is 2.42. The summed E-state index contributed by atoms with van der Waals surface area (Å²) in [5.74, 6) is 0.481.